The molecule has 1 rings (SSSR count). The molecule has 0 aliphatic carbocycles. The predicted octanol–water partition coefficient (Wildman–Crippen LogP) is 1.00. The zero-order chi connectivity index (χ0) is 11.3. The molecule has 0 aliphatic rings. The van der Waals surface area contributed by atoms with Gasteiger partial charge in [0, 0.05) is 12.6 Å². The molecule has 0 saturated carbocycles. The van der Waals surface area contributed by atoms with Crippen LogP contribution in [0.15, 0.2) is 24.3 Å². The van der Waals surface area contributed by atoms with Gasteiger partial charge in [0.2, 0.25) is 5.91 Å². The normalized spacial score (nSPS) is 12.2. The van der Waals surface area contributed by atoms with Crippen molar-refractivity contribution in [3.05, 3.63) is 35.4 Å². The number of hydrogen-bond acceptors (Lipinski definition) is 2. The first-order valence-electron chi connectivity index (χ1n) is 5.17. The second-order valence-corrected chi connectivity index (χ2v) is 3.87. The number of amides is 1. The molecule has 0 aromatic heterocycles. The molecule has 1 aromatic carbocycles. The Morgan fingerprint density at radius 1 is 1.40 bits per heavy atom. The molecule has 15 heavy (non-hydrogen) atoms. The largest absolute Gasteiger partial charge is 0.352 e. The van der Waals surface area contributed by atoms with Crippen molar-refractivity contribution >= 4 is 5.91 Å². The van der Waals surface area contributed by atoms with E-state index in [2.05, 4.69) is 5.32 Å². The molecule has 0 heterocycles. The van der Waals surface area contributed by atoms with E-state index >= 15 is 0 Å². The molecule has 82 valence electrons. The molecule has 1 atom stereocenters. The maximum absolute atomic E-state index is 11.5. The predicted molar refractivity (Wildman–Crippen MR) is 61.5 cm³/mol. The van der Waals surface area contributed by atoms with Gasteiger partial charge in [-0.25, -0.2) is 0 Å². The van der Waals surface area contributed by atoms with Crippen LogP contribution in [0, 0.1) is 6.92 Å². The number of nitrogens with two attached hydrogens (primary N) is 1. The van der Waals surface area contributed by atoms with Crippen LogP contribution in [0.1, 0.15) is 18.1 Å². The van der Waals surface area contributed by atoms with Crippen molar-refractivity contribution in [2.45, 2.75) is 26.3 Å². The number of benzene rings is 1. The van der Waals surface area contributed by atoms with Crippen LogP contribution in [0.3, 0.4) is 0 Å². The van der Waals surface area contributed by atoms with Crippen LogP contribution in [-0.2, 0) is 11.2 Å². The second-order valence-electron chi connectivity index (χ2n) is 3.87. The first kappa shape index (κ1) is 11.7. The van der Waals surface area contributed by atoms with E-state index in [1.807, 2.05) is 38.1 Å². The maximum Gasteiger partial charge on any atom is 0.224 e. The molecule has 1 aromatic rings. The minimum Gasteiger partial charge on any atom is -0.352 e. The van der Waals surface area contributed by atoms with Crippen LogP contribution < -0.4 is 11.1 Å². The van der Waals surface area contributed by atoms with Gasteiger partial charge in [-0.05, 0) is 19.4 Å². The van der Waals surface area contributed by atoms with Gasteiger partial charge in [0.15, 0.2) is 0 Å². The molecule has 1 amide bonds. The van der Waals surface area contributed by atoms with Gasteiger partial charge in [-0.2, -0.15) is 0 Å². The van der Waals surface area contributed by atoms with Gasteiger partial charge in [0.1, 0.15) is 0 Å². The third kappa shape index (κ3) is 4.13. The average Bonchev–Trinajstić information content (AvgIpc) is 2.21. The monoisotopic (exact) mass is 206 g/mol. The van der Waals surface area contributed by atoms with Crippen LogP contribution in [0.4, 0.5) is 0 Å². The summed E-state index contributed by atoms with van der Waals surface area (Å²) in [6.45, 7) is 4.40. The Morgan fingerprint density at radius 2 is 2.00 bits per heavy atom. The van der Waals surface area contributed by atoms with Gasteiger partial charge in [-0.3, -0.25) is 4.79 Å². The zero-order valence-corrected chi connectivity index (χ0v) is 9.29. The van der Waals surface area contributed by atoms with Crippen molar-refractivity contribution in [1.29, 1.82) is 0 Å². The van der Waals surface area contributed by atoms with Crippen molar-refractivity contribution in [3.63, 3.8) is 0 Å². The fourth-order valence-corrected chi connectivity index (χ4v) is 1.28. The van der Waals surface area contributed by atoms with Gasteiger partial charge in [-0.1, -0.05) is 29.8 Å². The summed E-state index contributed by atoms with van der Waals surface area (Å²) in [5, 5.41) is 2.83. The van der Waals surface area contributed by atoms with E-state index in [0.717, 1.165) is 5.56 Å². The molecule has 3 N–H and O–H groups in total. The Labute approximate surface area is 90.7 Å². The number of carbonyl (C=O) groups is 1. The molecule has 0 saturated heterocycles. The van der Waals surface area contributed by atoms with Crippen molar-refractivity contribution in [2.75, 3.05) is 6.54 Å². The molecule has 3 heteroatoms. The van der Waals surface area contributed by atoms with E-state index in [-0.39, 0.29) is 11.9 Å². The molecule has 0 aliphatic heterocycles. The van der Waals surface area contributed by atoms with E-state index in [1.165, 1.54) is 5.56 Å². The van der Waals surface area contributed by atoms with Crippen LogP contribution in [0.5, 0.6) is 0 Å². The highest BCUT2D eigenvalue weighted by atomic mass is 16.1. The van der Waals surface area contributed by atoms with Crippen LogP contribution in [0.25, 0.3) is 0 Å². The van der Waals surface area contributed by atoms with E-state index in [1.54, 1.807) is 0 Å². The highest BCUT2D eigenvalue weighted by Gasteiger charge is 2.06. The third-order valence-corrected chi connectivity index (χ3v) is 2.25. The summed E-state index contributed by atoms with van der Waals surface area (Å²) in [7, 11) is 0. The standard InChI is InChI=1S/C12H18N2O/c1-9-3-5-11(6-4-9)7-12(15)14-10(2)8-13/h3-6,10H,7-8,13H2,1-2H3,(H,14,15). The number of hydrogen-bond donors (Lipinski definition) is 2. The maximum atomic E-state index is 11.5. The summed E-state index contributed by atoms with van der Waals surface area (Å²) in [6, 6.07) is 8.01. The van der Waals surface area contributed by atoms with Crippen LogP contribution >= 0.6 is 0 Å². The fourth-order valence-electron chi connectivity index (χ4n) is 1.28. The molecular weight excluding hydrogens is 188 g/mol. The number of carbonyl (C=O) groups excluding carboxylic acids is 1. The lowest BCUT2D eigenvalue weighted by atomic mass is 10.1. The van der Waals surface area contributed by atoms with E-state index < -0.39 is 0 Å². The first-order chi connectivity index (χ1) is 7.11. The third-order valence-electron chi connectivity index (χ3n) is 2.25. The summed E-state index contributed by atoms with van der Waals surface area (Å²) in [4.78, 5) is 11.5. The lowest BCUT2D eigenvalue weighted by molar-refractivity contribution is -0.120. The van der Waals surface area contributed by atoms with Crippen molar-refractivity contribution in [2.24, 2.45) is 5.73 Å². The Kier molecular flexibility index (Phi) is 4.31. The van der Waals surface area contributed by atoms with E-state index in [0.29, 0.717) is 13.0 Å². The molecule has 0 radical (unpaired) electrons. The minimum atomic E-state index is 0.0248. The van der Waals surface area contributed by atoms with E-state index in [9.17, 15) is 4.79 Å². The second kappa shape index (κ2) is 5.51. The Bertz CT molecular complexity index is 319. The molecule has 0 spiro atoms. The van der Waals surface area contributed by atoms with E-state index in [4.69, 9.17) is 5.73 Å². The highest BCUT2D eigenvalue weighted by molar-refractivity contribution is 5.78. The summed E-state index contributed by atoms with van der Waals surface area (Å²) in [5.41, 5.74) is 7.65. The Hall–Kier alpha value is -1.35. The SMILES string of the molecule is Cc1ccc(CC(=O)NC(C)CN)cc1. The smallest absolute Gasteiger partial charge is 0.224 e. The lowest BCUT2D eigenvalue weighted by Gasteiger charge is -2.11. The van der Waals surface area contributed by atoms with Gasteiger partial charge in [0.05, 0.1) is 6.42 Å². The molecule has 0 fully saturated rings. The minimum absolute atomic E-state index is 0.0248. The Balaban J connectivity index is 2.48. The van der Waals surface area contributed by atoms with Gasteiger partial charge >= 0.3 is 0 Å². The van der Waals surface area contributed by atoms with Crippen LogP contribution in [-0.4, -0.2) is 18.5 Å². The fraction of sp³-hybridized carbons (Fsp3) is 0.417. The number of rotatable bonds is 4. The molecule has 0 bridgehead atoms. The van der Waals surface area contributed by atoms with Crippen molar-refractivity contribution < 1.29 is 4.79 Å². The topological polar surface area (TPSA) is 55.1 Å². The molecule has 1 unspecified atom stereocenters. The molecular formula is C12H18N2O. The van der Waals surface area contributed by atoms with Crippen molar-refractivity contribution in [3.8, 4) is 0 Å². The summed E-state index contributed by atoms with van der Waals surface area (Å²) < 4.78 is 0. The summed E-state index contributed by atoms with van der Waals surface area (Å²) in [5.74, 6) is 0.0248. The van der Waals surface area contributed by atoms with Gasteiger partial charge in [-0.15, -0.1) is 0 Å². The zero-order valence-electron chi connectivity index (χ0n) is 9.29. The number of nitrogens with one attached hydrogen (secondary N) is 1. The summed E-state index contributed by atoms with van der Waals surface area (Å²) in [6.07, 6.45) is 0.421. The van der Waals surface area contributed by atoms with Crippen molar-refractivity contribution in [1.82, 2.24) is 5.32 Å². The first-order valence-corrected chi connectivity index (χ1v) is 5.17. The van der Waals surface area contributed by atoms with Gasteiger partial charge < -0.3 is 11.1 Å². The van der Waals surface area contributed by atoms with Gasteiger partial charge in [0.25, 0.3) is 0 Å². The number of aryl methyl sites for hydroxylation is 1. The lowest BCUT2D eigenvalue weighted by Crippen LogP contribution is -2.38. The Morgan fingerprint density at radius 3 is 2.53 bits per heavy atom. The van der Waals surface area contributed by atoms with Crippen LogP contribution in [0.2, 0.25) is 0 Å². The summed E-state index contributed by atoms with van der Waals surface area (Å²) >= 11 is 0. The quantitative estimate of drug-likeness (QED) is 0.772. The highest BCUT2D eigenvalue weighted by Crippen LogP contribution is 2.03. The average molecular weight is 206 g/mol. The molecule has 3 nitrogen and oxygen atoms in total.